The quantitative estimate of drug-likeness (QED) is 0.141. The summed E-state index contributed by atoms with van der Waals surface area (Å²) in [5, 5.41) is 51.9. The number of fused-ring (bicyclic) bond motifs is 5. The van der Waals surface area contributed by atoms with E-state index in [-0.39, 0.29) is 34.6 Å². The summed E-state index contributed by atoms with van der Waals surface area (Å²) in [4.78, 5) is 76.0. The first-order valence-corrected chi connectivity index (χ1v) is 13.4. The van der Waals surface area contributed by atoms with Crippen molar-refractivity contribution in [1.82, 2.24) is 31.5 Å². The van der Waals surface area contributed by atoms with Gasteiger partial charge in [0.05, 0.1) is 26.2 Å². The minimum atomic E-state index is -1.41. The number of aliphatic hydroxyl groups excluding tert-OH is 1. The molecule has 0 fully saturated rings. The molecule has 0 saturated carbocycles. The standard InChI is InChI=1S/C28H34N6O10/c1-29-19(13-35)26(41)31-10-22(38)30-12-24(40)34(2)25-15-4-6-21(37)17(9-15)16-7-14(3-5-20(16)36)8-18(28(43)44)33-23(39)11-32-27(25)42/h3-7,9,18-19,25,29,35-37H,8,10-13H2,1-2H3,(H,30,38)(H,31,41)(H,32,42)(H,33,39)(H,43,44). The number of aliphatic hydroxyl groups is 1. The van der Waals surface area contributed by atoms with Crippen molar-refractivity contribution in [1.29, 1.82) is 0 Å². The SMILES string of the molecule is CNC(CO)C(=O)NCC(=O)NCC(=O)N(C)C1C(=O)NCC(=O)NC(C(=O)O)Cc2ccc(O)c(c2)-c2cc1ccc2O. The summed E-state index contributed by atoms with van der Waals surface area (Å²) in [5.74, 6) is -5.63. The zero-order valence-corrected chi connectivity index (χ0v) is 23.9. The van der Waals surface area contributed by atoms with Crippen molar-refractivity contribution in [3.63, 3.8) is 0 Å². The first-order chi connectivity index (χ1) is 20.9. The van der Waals surface area contributed by atoms with Crippen LogP contribution in [0.25, 0.3) is 11.1 Å². The van der Waals surface area contributed by atoms with Crippen molar-refractivity contribution < 1.29 is 49.2 Å². The van der Waals surface area contributed by atoms with E-state index in [9.17, 15) is 44.1 Å². The molecule has 1 aliphatic heterocycles. The number of hydrogen-bond acceptors (Lipinski definition) is 10. The highest BCUT2D eigenvalue weighted by molar-refractivity contribution is 5.94. The van der Waals surface area contributed by atoms with Gasteiger partial charge in [0.1, 0.15) is 29.6 Å². The van der Waals surface area contributed by atoms with Gasteiger partial charge in [0.15, 0.2) is 0 Å². The Morgan fingerprint density at radius 1 is 1.00 bits per heavy atom. The van der Waals surface area contributed by atoms with Crippen LogP contribution in [0, 0.1) is 0 Å². The van der Waals surface area contributed by atoms with Crippen LogP contribution in [0.2, 0.25) is 0 Å². The van der Waals surface area contributed by atoms with Crippen molar-refractivity contribution in [2.24, 2.45) is 0 Å². The molecule has 4 bridgehead atoms. The van der Waals surface area contributed by atoms with Gasteiger partial charge in [-0.05, 0) is 42.4 Å². The third kappa shape index (κ3) is 8.20. The predicted octanol–water partition coefficient (Wildman–Crippen LogP) is -2.68. The Labute approximate surface area is 251 Å². The van der Waals surface area contributed by atoms with E-state index in [1.807, 2.05) is 0 Å². The minimum absolute atomic E-state index is 0.0836. The maximum atomic E-state index is 13.4. The van der Waals surface area contributed by atoms with E-state index < -0.39 is 79.9 Å². The first kappa shape index (κ1) is 33.3. The van der Waals surface area contributed by atoms with Gasteiger partial charge < -0.3 is 51.9 Å². The third-order valence-electron chi connectivity index (χ3n) is 6.92. The molecular weight excluding hydrogens is 580 g/mol. The molecule has 2 aromatic rings. The van der Waals surface area contributed by atoms with Crippen LogP contribution in [-0.2, 0) is 35.2 Å². The van der Waals surface area contributed by atoms with Gasteiger partial charge in [0.25, 0.3) is 0 Å². The summed E-state index contributed by atoms with van der Waals surface area (Å²) in [7, 11) is 2.72. The molecule has 9 N–H and O–H groups in total. The number of nitrogens with one attached hydrogen (secondary N) is 5. The van der Waals surface area contributed by atoms with Crippen LogP contribution < -0.4 is 26.6 Å². The Balaban J connectivity index is 1.90. The lowest BCUT2D eigenvalue weighted by Gasteiger charge is -2.28. The van der Waals surface area contributed by atoms with Gasteiger partial charge in [-0.2, -0.15) is 0 Å². The molecule has 236 valence electrons. The molecule has 0 aliphatic carbocycles. The molecule has 0 saturated heterocycles. The van der Waals surface area contributed by atoms with Crippen molar-refractivity contribution in [3.8, 4) is 22.6 Å². The molecular formula is C28H34N6O10. The number of phenolic OH excluding ortho intramolecular Hbond substituents is 2. The second-order valence-corrected chi connectivity index (χ2v) is 9.93. The molecule has 3 rings (SSSR count). The van der Waals surface area contributed by atoms with Crippen LogP contribution in [0.15, 0.2) is 36.4 Å². The average molecular weight is 615 g/mol. The van der Waals surface area contributed by atoms with E-state index in [4.69, 9.17) is 5.11 Å². The topological polar surface area (TPSA) is 247 Å². The smallest absolute Gasteiger partial charge is 0.326 e. The van der Waals surface area contributed by atoms with Crippen LogP contribution in [0.4, 0.5) is 0 Å². The number of rotatable bonds is 9. The number of benzene rings is 2. The van der Waals surface area contributed by atoms with E-state index in [0.717, 1.165) is 4.90 Å². The Bertz CT molecular complexity index is 1440. The lowest BCUT2D eigenvalue weighted by atomic mass is 9.94. The number of amides is 5. The molecule has 44 heavy (non-hydrogen) atoms. The highest BCUT2D eigenvalue weighted by atomic mass is 16.4. The predicted molar refractivity (Wildman–Crippen MR) is 153 cm³/mol. The maximum absolute atomic E-state index is 13.4. The molecule has 0 spiro atoms. The van der Waals surface area contributed by atoms with E-state index in [1.54, 1.807) is 0 Å². The van der Waals surface area contributed by atoms with Crippen LogP contribution in [0.3, 0.4) is 0 Å². The van der Waals surface area contributed by atoms with Gasteiger partial charge in [-0.15, -0.1) is 0 Å². The van der Waals surface area contributed by atoms with Gasteiger partial charge in [0, 0.05) is 24.6 Å². The second kappa shape index (κ2) is 14.8. The fourth-order valence-corrected chi connectivity index (χ4v) is 4.46. The van der Waals surface area contributed by atoms with Gasteiger partial charge in [-0.1, -0.05) is 12.1 Å². The van der Waals surface area contributed by atoms with E-state index >= 15 is 0 Å². The van der Waals surface area contributed by atoms with Crippen molar-refractivity contribution in [2.45, 2.75) is 24.5 Å². The first-order valence-electron chi connectivity index (χ1n) is 13.4. The number of aromatic hydroxyl groups is 2. The molecule has 0 aromatic heterocycles. The molecule has 5 amide bonds. The van der Waals surface area contributed by atoms with Crippen LogP contribution in [-0.4, -0.2) is 113 Å². The van der Waals surface area contributed by atoms with Crippen LogP contribution in [0.5, 0.6) is 11.5 Å². The number of carboxylic acids is 1. The zero-order chi connectivity index (χ0) is 32.6. The number of hydrogen-bond donors (Lipinski definition) is 9. The maximum Gasteiger partial charge on any atom is 0.326 e. The summed E-state index contributed by atoms with van der Waals surface area (Å²) in [6.07, 6.45) is -0.157. The van der Waals surface area contributed by atoms with Gasteiger partial charge >= 0.3 is 5.97 Å². The lowest BCUT2D eigenvalue weighted by Crippen LogP contribution is -2.50. The highest BCUT2D eigenvalue weighted by Crippen LogP contribution is 2.38. The minimum Gasteiger partial charge on any atom is -0.507 e. The Morgan fingerprint density at radius 3 is 2.30 bits per heavy atom. The third-order valence-corrected chi connectivity index (χ3v) is 6.92. The number of aliphatic carboxylic acids is 1. The number of carbonyl (C=O) groups excluding carboxylic acids is 5. The second-order valence-electron chi connectivity index (χ2n) is 9.93. The number of carboxylic acid groups (broad SMARTS) is 1. The Kier molecular flexibility index (Phi) is 11.2. The molecule has 3 unspecified atom stereocenters. The zero-order valence-electron chi connectivity index (χ0n) is 23.9. The molecule has 16 nitrogen and oxygen atoms in total. The van der Waals surface area contributed by atoms with Gasteiger partial charge in [-0.25, -0.2) is 4.79 Å². The van der Waals surface area contributed by atoms with E-state index in [0.29, 0.717) is 5.56 Å². The summed E-state index contributed by atoms with van der Waals surface area (Å²) < 4.78 is 0. The number of phenols is 2. The van der Waals surface area contributed by atoms with E-state index in [1.165, 1.54) is 50.5 Å². The monoisotopic (exact) mass is 614 g/mol. The molecule has 1 heterocycles. The highest BCUT2D eigenvalue weighted by Gasteiger charge is 2.31. The normalized spacial score (nSPS) is 17.2. The van der Waals surface area contributed by atoms with Gasteiger partial charge in [-0.3, -0.25) is 24.0 Å². The Hall–Kier alpha value is -5.22. The fourth-order valence-electron chi connectivity index (χ4n) is 4.46. The van der Waals surface area contributed by atoms with Crippen molar-refractivity contribution in [2.75, 3.05) is 40.3 Å². The van der Waals surface area contributed by atoms with E-state index in [2.05, 4.69) is 26.6 Å². The number of likely N-dealkylation sites (N-methyl/N-ethyl adjacent to an activating group) is 2. The molecule has 16 heteroatoms. The van der Waals surface area contributed by atoms with Crippen molar-refractivity contribution in [3.05, 3.63) is 47.5 Å². The lowest BCUT2D eigenvalue weighted by molar-refractivity contribution is -0.142. The average Bonchev–Trinajstić information content (AvgIpc) is 2.99. The summed E-state index contributed by atoms with van der Waals surface area (Å²) >= 11 is 0. The molecule has 1 aliphatic rings. The largest absolute Gasteiger partial charge is 0.507 e. The van der Waals surface area contributed by atoms with Gasteiger partial charge in [0.2, 0.25) is 29.5 Å². The van der Waals surface area contributed by atoms with Crippen LogP contribution in [0.1, 0.15) is 17.2 Å². The molecule has 2 aromatic carbocycles. The number of carbonyl (C=O) groups is 6. The van der Waals surface area contributed by atoms with Crippen molar-refractivity contribution >= 4 is 35.5 Å². The number of nitrogens with zero attached hydrogens (tertiary/aromatic N) is 1. The summed E-state index contributed by atoms with van der Waals surface area (Å²) in [5.41, 5.74) is 0.793. The summed E-state index contributed by atoms with van der Waals surface area (Å²) in [6, 6.07) is 4.50. The Morgan fingerprint density at radius 2 is 1.66 bits per heavy atom. The molecule has 0 radical (unpaired) electrons. The molecule has 3 atom stereocenters. The van der Waals surface area contributed by atoms with Crippen LogP contribution >= 0.6 is 0 Å². The fraction of sp³-hybridized carbons (Fsp3) is 0.357. The summed E-state index contributed by atoms with van der Waals surface area (Å²) in [6.45, 7) is -2.19.